The van der Waals surface area contributed by atoms with Crippen molar-refractivity contribution in [3.63, 3.8) is 0 Å². The quantitative estimate of drug-likeness (QED) is 0.758. The highest BCUT2D eigenvalue weighted by molar-refractivity contribution is 5.81. The monoisotopic (exact) mass is 367 g/mol. The molecule has 3 atom stereocenters. The van der Waals surface area contributed by atoms with E-state index in [1.807, 2.05) is 0 Å². The lowest BCUT2D eigenvalue weighted by molar-refractivity contribution is -0.175. The molecule has 2 N–H and O–H groups in total. The molecule has 6 heteroatoms. The summed E-state index contributed by atoms with van der Waals surface area (Å²) in [6, 6.07) is 8.34. The van der Waals surface area contributed by atoms with Gasteiger partial charge in [-0.05, 0) is 50.3 Å². The highest BCUT2D eigenvalue weighted by atomic mass is 19.3. The molecule has 0 bridgehead atoms. The van der Waals surface area contributed by atoms with E-state index in [0.717, 1.165) is 25.9 Å². The minimum atomic E-state index is -2.85. The first-order valence-corrected chi connectivity index (χ1v) is 9.45. The summed E-state index contributed by atoms with van der Waals surface area (Å²) >= 11 is 0. The van der Waals surface area contributed by atoms with Gasteiger partial charge in [0.25, 0.3) is 0 Å². The molecular weight excluding hydrogens is 340 g/mol. The minimum absolute atomic E-state index is 0.0973. The average Bonchev–Trinajstić information content (AvgIpc) is 3.03. The zero-order valence-electron chi connectivity index (χ0n) is 14.9. The molecule has 0 spiro atoms. The third-order valence-corrected chi connectivity index (χ3v) is 5.68. The van der Waals surface area contributed by atoms with Gasteiger partial charge in [-0.25, -0.2) is 13.6 Å². The fraction of sp³-hybridized carbons (Fsp3) is 0.650. The SMILES string of the molecule is O=C(OCC[C@H]1CCCNC1)[C@](O)(c1ccccc1)[C@@H]1CCC(F)(F)C1. The Morgan fingerprint density at radius 3 is 2.69 bits per heavy atom. The van der Waals surface area contributed by atoms with E-state index in [0.29, 0.717) is 17.9 Å². The van der Waals surface area contributed by atoms with E-state index in [2.05, 4.69) is 5.32 Å². The number of ether oxygens (including phenoxy) is 1. The van der Waals surface area contributed by atoms with Crippen LogP contribution in [0.4, 0.5) is 8.78 Å². The lowest BCUT2D eigenvalue weighted by Gasteiger charge is -2.32. The van der Waals surface area contributed by atoms with Crippen LogP contribution in [0.2, 0.25) is 0 Å². The van der Waals surface area contributed by atoms with Crippen molar-refractivity contribution in [3.05, 3.63) is 35.9 Å². The van der Waals surface area contributed by atoms with Gasteiger partial charge in [-0.1, -0.05) is 30.3 Å². The number of hydrogen-bond donors (Lipinski definition) is 2. The summed E-state index contributed by atoms with van der Waals surface area (Å²) in [4.78, 5) is 12.8. The lowest BCUT2D eigenvalue weighted by atomic mass is 9.80. The van der Waals surface area contributed by atoms with Gasteiger partial charge in [0, 0.05) is 18.8 Å². The molecule has 0 amide bonds. The molecule has 0 radical (unpaired) electrons. The second-order valence-corrected chi connectivity index (χ2v) is 7.57. The second kappa shape index (κ2) is 8.01. The Morgan fingerprint density at radius 1 is 1.31 bits per heavy atom. The van der Waals surface area contributed by atoms with Gasteiger partial charge in [0.1, 0.15) is 0 Å². The maximum atomic E-state index is 13.7. The summed E-state index contributed by atoms with van der Waals surface area (Å²) in [5.41, 5.74) is -1.70. The topological polar surface area (TPSA) is 58.6 Å². The molecule has 144 valence electrons. The number of halogens is 2. The number of rotatable bonds is 6. The van der Waals surface area contributed by atoms with Crippen molar-refractivity contribution in [2.75, 3.05) is 19.7 Å². The van der Waals surface area contributed by atoms with E-state index in [-0.39, 0.29) is 19.4 Å². The average molecular weight is 367 g/mol. The summed E-state index contributed by atoms with van der Waals surface area (Å²) in [7, 11) is 0. The van der Waals surface area contributed by atoms with Crippen LogP contribution in [-0.4, -0.2) is 36.7 Å². The molecule has 26 heavy (non-hydrogen) atoms. The van der Waals surface area contributed by atoms with Crippen LogP contribution in [0.15, 0.2) is 30.3 Å². The number of carbonyl (C=O) groups excluding carboxylic acids is 1. The van der Waals surface area contributed by atoms with Gasteiger partial charge < -0.3 is 15.2 Å². The van der Waals surface area contributed by atoms with Gasteiger partial charge in [-0.3, -0.25) is 0 Å². The van der Waals surface area contributed by atoms with Crippen molar-refractivity contribution in [1.82, 2.24) is 5.32 Å². The first-order valence-electron chi connectivity index (χ1n) is 9.45. The molecule has 1 aliphatic heterocycles. The van der Waals surface area contributed by atoms with Crippen molar-refractivity contribution in [2.45, 2.75) is 50.0 Å². The molecule has 1 aromatic carbocycles. The number of benzene rings is 1. The summed E-state index contributed by atoms with van der Waals surface area (Å²) in [6.07, 6.45) is 2.18. The second-order valence-electron chi connectivity index (χ2n) is 7.57. The number of piperidine rings is 1. The fourth-order valence-electron chi connectivity index (χ4n) is 4.12. The van der Waals surface area contributed by atoms with Crippen LogP contribution in [0.5, 0.6) is 0 Å². The van der Waals surface area contributed by atoms with Crippen LogP contribution >= 0.6 is 0 Å². The molecule has 1 heterocycles. The Hall–Kier alpha value is -1.53. The molecule has 1 saturated heterocycles. The lowest BCUT2D eigenvalue weighted by Crippen LogP contribution is -2.44. The molecule has 1 aliphatic carbocycles. The highest BCUT2D eigenvalue weighted by Crippen LogP contribution is 2.47. The maximum Gasteiger partial charge on any atom is 0.343 e. The van der Waals surface area contributed by atoms with E-state index in [1.165, 1.54) is 0 Å². The van der Waals surface area contributed by atoms with Crippen LogP contribution in [0.3, 0.4) is 0 Å². The number of aliphatic hydroxyl groups is 1. The number of esters is 1. The standard InChI is InChI=1S/C20H27F2NO3/c21-19(22)10-8-17(13-19)20(25,16-6-2-1-3-7-16)18(24)26-12-9-15-5-4-11-23-14-15/h1-3,6-7,15,17,23,25H,4-5,8-14H2/t15-,17-,20+/m1/s1. The van der Waals surface area contributed by atoms with E-state index >= 15 is 0 Å². The van der Waals surface area contributed by atoms with Crippen molar-refractivity contribution < 1.29 is 23.4 Å². The number of carbonyl (C=O) groups is 1. The van der Waals surface area contributed by atoms with E-state index in [9.17, 15) is 18.7 Å². The van der Waals surface area contributed by atoms with Crippen LogP contribution in [0, 0.1) is 11.8 Å². The number of nitrogens with one attached hydrogen (secondary N) is 1. The van der Waals surface area contributed by atoms with E-state index in [1.54, 1.807) is 30.3 Å². The predicted molar refractivity (Wildman–Crippen MR) is 93.8 cm³/mol. The molecule has 4 nitrogen and oxygen atoms in total. The molecular formula is C20H27F2NO3. The van der Waals surface area contributed by atoms with Gasteiger partial charge in [0.15, 0.2) is 5.60 Å². The Balaban J connectivity index is 1.69. The van der Waals surface area contributed by atoms with Gasteiger partial charge in [0.05, 0.1) is 6.61 Å². The van der Waals surface area contributed by atoms with E-state index in [4.69, 9.17) is 4.74 Å². The predicted octanol–water partition coefficient (Wildman–Crippen LogP) is 3.24. The number of alkyl halides is 2. The fourth-order valence-corrected chi connectivity index (χ4v) is 4.12. The Labute approximate surface area is 152 Å². The molecule has 1 aromatic rings. The van der Waals surface area contributed by atoms with Crippen LogP contribution < -0.4 is 5.32 Å². The van der Waals surface area contributed by atoms with E-state index < -0.39 is 29.8 Å². The van der Waals surface area contributed by atoms with Crippen LogP contribution in [0.1, 0.15) is 44.1 Å². The minimum Gasteiger partial charge on any atom is -0.463 e. The van der Waals surface area contributed by atoms with Crippen LogP contribution in [-0.2, 0) is 15.1 Å². The zero-order valence-corrected chi connectivity index (χ0v) is 14.9. The largest absolute Gasteiger partial charge is 0.463 e. The van der Waals surface area contributed by atoms with Crippen molar-refractivity contribution >= 4 is 5.97 Å². The Morgan fingerprint density at radius 2 is 2.08 bits per heavy atom. The molecule has 1 saturated carbocycles. The maximum absolute atomic E-state index is 13.7. The van der Waals surface area contributed by atoms with Crippen molar-refractivity contribution in [1.29, 1.82) is 0 Å². The Kier molecular flexibility index (Phi) is 5.92. The van der Waals surface area contributed by atoms with Gasteiger partial charge in [-0.15, -0.1) is 0 Å². The molecule has 0 unspecified atom stereocenters. The highest BCUT2D eigenvalue weighted by Gasteiger charge is 2.54. The summed E-state index contributed by atoms with van der Waals surface area (Å²) in [6.45, 7) is 2.11. The first kappa shape index (κ1) is 19.2. The first-order chi connectivity index (χ1) is 12.4. The number of hydrogen-bond acceptors (Lipinski definition) is 4. The molecule has 2 aliphatic rings. The van der Waals surface area contributed by atoms with Gasteiger partial charge >= 0.3 is 5.97 Å². The normalized spacial score (nSPS) is 27.7. The molecule has 3 rings (SSSR count). The smallest absolute Gasteiger partial charge is 0.343 e. The summed E-state index contributed by atoms with van der Waals surface area (Å²) < 4.78 is 32.8. The summed E-state index contributed by atoms with van der Waals surface area (Å²) in [5, 5.41) is 14.5. The van der Waals surface area contributed by atoms with Crippen LogP contribution in [0.25, 0.3) is 0 Å². The van der Waals surface area contributed by atoms with Gasteiger partial charge in [-0.2, -0.15) is 0 Å². The zero-order chi connectivity index (χ0) is 18.6. The molecule has 0 aromatic heterocycles. The summed E-state index contributed by atoms with van der Waals surface area (Å²) in [5.74, 6) is -4.06. The molecule has 2 fully saturated rings. The third-order valence-electron chi connectivity index (χ3n) is 5.68. The van der Waals surface area contributed by atoms with Crippen molar-refractivity contribution in [2.24, 2.45) is 11.8 Å². The third kappa shape index (κ3) is 4.23. The van der Waals surface area contributed by atoms with Crippen molar-refractivity contribution in [3.8, 4) is 0 Å². The van der Waals surface area contributed by atoms with Gasteiger partial charge in [0.2, 0.25) is 5.92 Å². The Bertz CT molecular complexity index is 604.